The van der Waals surface area contributed by atoms with Crippen LogP contribution in [0.5, 0.6) is 0 Å². The highest BCUT2D eigenvalue weighted by atomic mass is 19.1. The lowest BCUT2D eigenvalue weighted by molar-refractivity contribution is 0.208. The molecular weight excluding hydrogens is 213 g/mol. The van der Waals surface area contributed by atoms with Crippen LogP contribution in [-0.4, -0.2) is 13.1 Å². The van der Waals surface area contributed by atoms with E-state index < -0.39 is 0 Å². The Morgan fingerprint density at radius 3 is 2.59 bits per heavy atom. The van der Waals surface area contributed by atoms with Gasteiger partial charge in [-0.2, -0.15) is 0 Å². The predicted octanol–water partition coefficient (Wildman–Crippen LogP) is 3.64. The summed E-state index contributed by atoms with van der Waals surface area (Å²) in [5.41, 5.74) is 1.25. The lowest BCUT2D eigenvalue weighted by Gasteiger charge is -2.34. The molecule has 0 fully saturated rings. The highest BCUT2D eigenvalue weighted by Gasteiger charge is 2.28. The summed E-state index contributed by atoms with van der Waals surface area (Å²) in [6, 6.07) is 6.95. The molecule has 1 nitrogen and oxygen atoms in total. The van der Waals surface area contributed by atoms with Crippen LogP contribution in [0.3, 0.4) is 0 Å². The molecule has 0 spiro atoms. The molecule has 0 aromatic heterocycles. The fourth-order valence-electron chi connectivity index (χ4n) is 1.99. The fourth-order valence-corrected chi connectivity index (χ4v) is 1.99. The number of hydrogen-bond acceptors (Lipinski definition) is 1. The highest BCUT2D eigenvalue weighted by Crippen LogP contribution is 2.30. The number of benzene rings is 1. The summed E-state index contributed by atoms with van der Waals surface area (Å²) in [5.74, 6) is 0.418. The van der Waals surface area contributed by atoms with Crippen LogP contribution in [0.1, 0.15) is 33.3 Å². The Kier molecular flexibility index (Phi) is 5.13. The highest BCUT2D eigenvalue weighted by molar-refractivity contribution is 5.18. The molecular formula is C15H24FN. The number of nitrogens with one attached hydrogen (secondary N) is 1. The van der Waals surface area contributed by atoms with Crippen molar-refractivity contribution >= 4 is 0 Å². The standard InChI is InChI=1S/C15H24FN/c1-5-17-11-15(4,12(2)3)10-13-7-6-8-14(16)9-13/h6-9,12,17H,5,10-11H2,1-4H3. The van der Waals surface area contributed by atoms with Gasteiger partial charge in [0.2, 0.25) is 0 Å². The zero-order valence-electron chi connectivity index (χ0n) is 11.4. The molecule has 0 saturated carbocycles. The summed E-state index contributed by atoms with van der Waals surface area (Å²) < 4.78 is 13.2. The molecule has 17 heavy (non-hydrogen) atoms. The maximum absolute atomic E-state index is 13.2. The Morgan fingerprint density at radius 1 is 1.35 bits per heavy atom. The minimum atomic E-state index is -0.142. The van der Waals surface area contributed by atoms with Crippen LogP contribution < -0.4 is 5.32 Å². The van der Waals surface area contributed by atoms with Gasteiger partial charge in [0.05, 0.1) is 0 Å². The molecule has 1 atom stereocenters. The normalized spacial score (nSPS) is 14.9. The SMILES string of the molecule is CCNCC(C)(Cc1cccc(F)c1)C(C)C. The largest absolute Gasteiger partial charge is 0.316 e. The molecule has 0 heterocycles. The van der Waals surface area contributed by atoms with E-state index in [0.29, 0.717) is 5.92 Å². The summed E-state index contributed by atoms with van der Waals surface area (Å²) in [6.07, 6.45) is 0.912. The molecule has 0 aliphatic carbocycles. The summed E-state index contributed by atoms with van der Waals surface area (Å²) in [7, 11) is 0. The summed E-state index contributed by atoms with van der Waals surface area (Å²) in [5, 5.41) is 3.41. The van der Waals surface area contributed by atoms with Crippen LogP contribution in [-0.2, 0) is 6.42 Å². The zero-order chi connectivity index (χ0) is 12.9. The van der Waals surface area contributed by atoms with Crippen LogP contribution >= 0.6 is 0 Å². The Balaban J connectivity index is 2.79. The van der Waals surface area contributed by atoms with Gasteiger partial charge in [0.15, 0.2) is 0 Å². The Labute approximate surface area is 104 Å². The van der Waals surface area contributed by atoms with E-state index in [1.807, 2.05) is 6.07 Å². The number of halogens is 1. The first-order chi connectivity index (χ1) is 7.98. The van der Waals surface area contributed by atoms with Gasteiger partial charge in [-0.3, -0.25) is 0 Å². The van der Waals surface area contributed by atoms with Gasteiger partial charge in [-0.05, 0) is 42.0 Å². The molecule has 1 rings (SSSR count). The van der Waals surface area contributed by atoms with Crippen molar-refractivity contribution in [3.05, 3.63) is 35.6 Å². The van der Waals surface area contributed by atoms with Crippen LogP contribution in [0.4, 0.5) is 4.39 Å². The predicted molar refractivity (Wildman–Crippen MR) is 71.6 cm³/mol. The summed E-state index contributed by atoms with van der Waals surface area (Å²) in [4.78, 5) is 0. The van der Waals surface area contributed by atoms with Crippen molar-refractivity contribution in [2.24, 2.45) is 11.3 Å². The van der Waals surface area contributed by atoms with E-state index in [2.05, 4.69) is 33.0 Å². The minimum Gasteiger partial charge on any atom is -0.316 e. The smallest absolute Gasteiger partial charge is 0.123 e. The lowest BCUT2D eigenvalue weighted by Crippen LogP contribution is -2.37. The molecule has 0 aliphatic rings. The van der Waals surface area contributed by atoms with E-state index in [0.717, 1.165) is 25.1 Å². The minimum absolute atomic E-state index is 0.142. The first-order valence-corrected chi connectivity index (χ1v) is 6.43. The van der Waals surface area contributed by atoms with E-state index >= 15 is 0 Å². The van der Waals surface area contributed by atoms with Gasteiger partial charge >= 0.3 is 0 Å². The van der Waals surface area contributed by atoms with Crippen LogP contribution in [0.25, 0.3) is 0 Å². The second-order valence-electron chi connectivity index (χ2n) is 5.40. The molecule has 96 valence electrons. The van der Waals surface area contributed by atoms with Crippen molar-refractivity contribution in [3.8, 4) is 0 Å². The molecule has 0 amide bonds. The van der Waals surface area contributed by atoms with E-state index in [1.54, 1.807) is 12.1 Å². The van der Waals surface area contributed by atoms with Crippen molar-refractivity contribution in [3.63, 3.8) is 0 Å². The Morgan fingerprint density at radius 2 is 2.06 bits per heavy atom. The third-order valence-corrected chi connectivity index (χ3v) is 3.67. The van der Waals surface area contributed by atoms with Gasteiger partial charge in [-0.15, -0.1) is 0 Å². The Bertz CT molecular complexity index is 349. The maximum Gasteiger partial charge on any atom is 0.123 e. The molecule has 0 bridgehead atoms. The second-order valence-corrected chi connectivity index (χ2v) is 5.40. The van der Waals surface area contributed by atoms with Gasteiger partial charge in [0.1, 0.15) is 5.82 Å². The van der Waals surface area contributed by atoms with Crippen molar-refractivity contribution in [2.45, 2.75) is 34.1 Å². The van der Waals surface area contributed by atoms with Gasteiger partial charge in [-0.1, -0.05) is 39.8 Å². The maximum atomic E-state index is 13.2. The molecule has 1 aromatic carbocycles. The van der Waals surface area contributed by atoms with Crippen LogP contribution in [0.2, 0.25) is 0 Å². The third kappa shape index (κ3) is 4.12. The molecule has 1 unspecified atom stereocenters. The number of rotatable bonds is 6. The summed E-state index contributed by atoms with van der Waals surface area (Å²) in [6.45, 7) is 10.8. The third-order valence-electron chi connectivity index (χ3n) is 3.67. The van der Waals surface area contributed by atoms with Crippen LogP contribution in [0.15, 0.2) is 24.3 Å². The summed E-state index contributed by atoms with van der Waals surface area (Å²) >= 11 is 0. The van der Waals surface area contributed by atoms with Gasteiger partial charge in [-0.25, -0.2) is 4.39 Å². The van der Waals surface area contributed by atoms with E-state index in [4.69, 9.17) is 0 Å². The average Bonchev–Trinajstić information content (AvgIpc) is 2.26. The van der Waals surface area contributed by atoms with Gasteiger partial charge < -0.3 is 5.32 Å². The average molecular weight is 237 g/mol. The van der Waals surface area contributed by atoms with Crippen molar-refractivity contribution in [2.75, 3.05) is 13.1 Å². The lowest BCUT2D eigenvalue weighted by atomic mass is 9.74. The molecule has 0 saturated heterocycles. The topological polar surface area (TPSA) is 12.0 Å². The number of hydrogen-bond donors (Lipinski definition) is 1. The molecule has 1 N–H and O–H groups in total. The van der Waals surface area contributed by atoms with Gasteiger partial charge in [0, 0.05) is 6.54 Å². The van der Waals surface area contributed by atoms with Crippen LogP contribution in [0, 0.1) is 17.2 Å². The molecule has 0 radical (unpaired) electrons. The zero-order valence-corrected chi connectivity index (χ0v) is 11.4. The fraction of sp³-hybridized carbons (Fsp3) is 0.600. The van der Waals surface area contributed by atoms with Crippen molar-refractivity contribution in [1.82, 2.24) is 5.32 Å². The van der Waals surface area contributed by atoms with E-state index in [-0.39, 0.29) is 11.2 Å². The first kappa shape index (κ1) is 14.2. The Hall–Kier alpha value is -0.890. The van der Waals surface area contributed by atoms with E-state index in [9.17, 15) is 4.39 Å². The van der Waals surface area contributed by atoms with Crippen molar-refractivity contribution in [1.29, 1.82) is 0 Å². The molecule has 0 aliphatic heterocycles. The molecule has 2 heteroatoms. The second kappa shape index (κ2) is 6.15. The monoisotopic (exact) mass is 237 g/mol. The quantitative estimate of drug-likeness (QED) is 0.796. The molecule has 1 aromatic rings. The van der Waals surface area contributed by atoms with Crippen molar-refractivity contribution < 1.29 is 4.39 Å². The first-order valence-electron chi connectivity index (χ1n) is 6.43. The van der Waals surface area contributed by atoms with E-state index in [1.165, 1.54) is 6.07 Å². The van der Waals surface area contributed by atoms with Gasteiger partial charge in [0.25, 0.3) is 0 Å².